The zero-order valence-corrected chi connectivity index (χ0v) is 10.7. The van der Waals surface area contributed by atoms with Crippen molar-refractivity contribution in [3.63, 3.8) is 0 Å². The molecule has 0 spiro atoms. The van der Waals surface area contributed by atoms with E-state index < -0.39 is 6.04 Å². The molecule has 1 aromatic carbocycles. The number of hydrogen-bond donors (Lipinski definition) is 1. The monoisotopic (exact) mass is 267 g/mol. The Morgan fingerprint density at radius 2 is 2.25 bits per heavy atom. The standard InChI is InChI=1S/C13H13N7/c14-8-13(16-6-7-17-19-15)11-9-18-20(10-11)12-4-2-1-3-5-12/h1-5,9-10,13,16H,6-7H2. The van der Waals surface area contributed by atoms with Gasteiger partial charge in [0.1, 0.15) is 6.04 Å². The summed E-state index contributed by atoms with van der Waals surface area (Å²) in [5.41, 5.74) is 9.90. The van der Waals surface area contributed by atoms with E-state index in [0.29, 0.717) is 13.1 Å². The average molecular weight is 267 g/mol. The van der Waals surface area contributed by atoms with Crippen LogP contribution in [0.4, 0.5) is 0 Å². The lowest BCUT2D eigenvalue weighted by atomic mass is 10.2. The molecule has 2 aromatic rings. The second kappa shape index (κ2) is 6.95. The van der Waals surface area contributed by atoms with Crippen molar-refractivity contribution in [2.24, 2.45) is 5.11 Å². The van der Waals surface area contributed by atoms with E-state index in [4.69, 9.17) is 10.8 Å². The van der Waals surface area contributed by atoms with Crippen LogP contribution in [0, 0.1) is 11.3 Å². The number of benzene rings is 1. The van der Waals surface area contributed by atoms with Crippen molar-refractivity contribution >= 4 is 0 Å². The SMILES string of the molecule is N#CC(NCCN=[N+]=[N-])c1cnn(-c2ccccc2)c1. The molecule has 0 bridgehead atoms. The van der Waals surface area contributed by atoms with Gasteiger partial charge in [0.05, 0.1) is 18.0 Å². The average Bonchev–Trinajstić information content (AvgIpc) is 2.98. The lowest BCUT2D eigenvalue weighted by Crippen LogP contribution is -2.22. The molecule has 0 aliphatic heterocycles. The first-order chi connectivity index (χ1) is 9.85. The summed E-state index contributed by atoms with van der Waals surface area (Å²) in [5, 5.41) is 19.8. The van der Waals surface area contributed by atoms with Crippen molar-refractivity contribution in [3.05, 3.63) is 58.7 Å². The number of nitriles is 1. The zero-order chi connectivity index (χ0) is 14.2. The van der Waals surface area contributed by atoms with Gasteiger partial charge in [-0.05, 0) is 17.7 Å². The summed E-state index contributed by atoms with van der Waals surface area (Å²) in [6, 6.07) is 11.4. The van der Waals surface area contributed by atoms with Crippen LogP contribution in [0.15, 0.2) is 47.8 Å². The molecule has 100 valence electrons. The molecule has 7 heteroatoms. The highest BCUT2D eigenvalue weighted by atomic mass is 15.3. The molecular weight excluding hydrogens is 254 g/mol. The van der Waals surface area contributed by atoms with Crippen LogP contribution in [0.2, 0.25) is 0 Å². The number of hydrogen-bond acceptors (Lipinski definition) is 4. The number of para-hydroxylation sites is 1. The molecule has 1 unspecified atom stereocenters. The van der Waals surface area contributed by atoms with E-state index >= 15 is 0 Å². The normalized spacial score (nSPS) is 11.3. The number of nitrogens with zero attached hydrogens (tertiary/aromatic N) is 6. The molecule has 0 aliphatic rings. The third-order valence-electron chi connectivity index (χ3n) is 2.71. The first-order valence-electron chi connectivity index (χ1n) is 6.09. The van der Waals surface area contributed by atoms with Gasteiger partial charge in [0.2, 0.25) is 0 Å². The summed E-state index contributed by atoms with van der Waals surface area (Å²) in [5.74, 6) is 0. The van der Waals surface area contributed by atoms with Crippen molar-refractivity contribution in [2.75, 3.05) is 13.1 Å². The maximum absolute atomic E-state index is 9.16. The summed E-state index contributed by atoms with van der Waals surface area (Å²) >= 11 is 0. The van der Waals surface area contributed by atoms with Crippen LogP contribution in [0.25, 0.3) is 16.1 Å². The zero-order valence-electron chi connectivity index (χ0n) is 10.7. The second-order valence-corrected chi connectivity index (χ2v) is 4.02. The van der Waals surface area contributed by atoms with Gasteiger partial charge in [0.15, 0.2) is 0 Å². The van der Waals surface area contributed by atoms with Gasteiger partial charge in [-0.15, -0.1) is 0 Å². The summed E-state index contributed by atoms with van der Waals surface area (Å²) in [6.07, 6.45) is 3.46. The fourth-order valence-corrected chi connectivity index (χ4v) is 1.75. The molecule has 7 nitrogen and oxygen atoms in total. The fraction of sp³-hybridized carbons (Fsp3) is 0.231. The molecule has 0 amide bonds. The lowest BCUT2D eigenvalue weighted by molar-refractivity contribution is 0.635. The molecule has 1 aromatic heterocycles. The van der Waals surface area contributed by atoms with Gasteiger partial charge < -0.3 is 0 Å². The Hall–Kier alpha value is -2.81. The molecule has 0 saturated carbocycles. The molecule has 2 rings (SSSR count). The van der Waals surface area contributed by atoms with Gasteiger partial charge >= 0.3 is 0 Å². The summed E-state index contributed by atoms with van der Waals surface area (Å²) in [7, 11) is 0. The Labute approximate surface area is 116 Å². The molecule has 0 fully saturated rings. The van der Waals surface area contributed by atoms with E-state index in [1.165, 1.54) is 0 Å². The van der Waals surface area contributed by atoms with Gasteiger partial charge in [-0.1, -0.05) is 23.3 Å². The molecule has 20 heavy (non-hydrogen) atoms. The Morgan fingerprint density at radius 3 is 2.95 bits per heavy atom. The van der Waals surface area contributed by atoms with Gasteiger partial charge in [0, 0.05) is 29.8 Å². The minimum absolute atomic E-state index is 0.307. The lowest BCUT2D eigenvalue weighted by Gasteiger charge is -2.07. The largest absolute Gasteiger partial charge is 0.298 e. The van der Waals surface area contributed by atoms with Crippen molar-refractivity contribution < 1.29 is 0 Å². The van der Waals surface area contributed by atoms with Crippen LogP contribution in [-0.2, 0) is 0 Å². The third kappa shape index (κ3) is 3.36. The number of rotatable bonds is 6. The predicted octanol–water partition coefficient (Wildman–Crippen LogP) is 2.34. The van der Waals surface area contributed by atoms with Crippen LogP contribution in [0.1, 0.15) is 11.6 Å². The minimum atomic E-state index is -0.471. The van der Waals surface area contributed by atoms with Crippen molar-refractivity contribution in [3.8, 4) is 11.8 Å². The van der Waals surface area contributed by atoms with Crippen LogP contribution in [0.5, 0.6) is 0 Å². The molecule has 1 heterocycles. The highest BCUT2D eigenvalue weighted by molar-refractivity contribution is 5.32. The van der Waals surface area contributed by atoms with E-state index in [1.807, 2.05) is 36.5 Å². The molecule has 0 saturated heterocycles. The summed E-state index contributed by atoms with van der Waals surface area (Å²) in [4.78, 5) is 2.66. The Balaban J connectivity index is 2.07. The van der Waals surface area contributed by atoms with Crippen LogP contribution in [-0.4, -0.2) is 22.9 Å². The molecule has 1 atom stereocenters. The third-order valence-corrected chi connectivity index (χ3v) is 2.71. The molecule has 0 radical (unpaired) electrons. The van der Waals surface area contributed by atoms with Crippen molar-refractivity contribution in [1.29, 1.82) is 5.26 Å². The smallest absolute Gasteiger partial charge is 0.124 e. The topological polar surface area (TPSA) is 102 Å². The summed E-state index contributed by atoms with van der Waals surface area (Å²) < 4.78 is 1.72. The maximum Gasteiger partial charge on any atom is 0.124 e. The highest BCUT2D eigenvalue weighted by Crippen LogP contribution is 2.13. The van der Waals surface area contributed by atoms with Crippen molar-refractivity contribution in [2.45, 2.75) is 6.04 Å². The fourth-order valence-electron chi connectivity index (χ4n) is 1.75. The highest BCUT2D eigenvalue weighted by Gasteiger charge is 2.12. The maximum atomic E-state index is 9.16. The van der Waals surface area contributed by atoms with Gasteiger partial charge in [-0.2, -0.15) is 10.4 Å². The van der Waals surface area contributed by atoms with Gasteiger partial charge in [-0.25, -0.2) is 4.68 Å². The predicted molar refractivity (Wildman–Crippen MR) is 73.9 cm³/mol. The number of nitrogens with one attached hydrogen (secondary N) is 1. The van der Waals surface area contributed by atoms with E-state index in [-0.39, 0.29) is 0 Å². The van der Waals surface area contributed by atoms with E-state index in [2.05, 4.69) is 26.5 Å². The number of aromatic nitrogens is 2. The minimum Gasteiger partial charge on any atom is -0.298 e. The Bertz CT molecular complexity index is 634. The van der Waals surface area contributed by atoms with E-state index in [0.717, 1.165) is 11.3 Å². The molecule has 0 aliphatic carbocycles. The second-order valence-electron chi connectivity index (χ2n) is 4.02. The summed E-state index contributed by atoms with van der Waals surface area (Å²) in [6.45, 7) is 0.750. The first-order valence-corrected chi connectivity index (χ1v) is 6.09. The number of azide groups is 1. The quantitative estimate of drug-likeness (QED) is 0.376. The van der Waals surface area contributed by atoms with Gasteiger partial charge in [0.25, 0.3) is 0 Å². The molecular formula is C13H13N7. The Kier molecular flexibility index (Phi) is 4.73. The van der Waals surface area contributed by atoms with Crippen molar-refractivity contribution in [1.82, 2.24) is 15.1 Å². The first kappa shape index (κ1) is 13.6. The Morgan fingerprint density at radius 1 is 1.45 bits per heavy atom. The molecule has 1 N–H and O–H groups in total. The van der Waals surface area contributed by atoms with Gasteiger partial charge in [-0.3, -0.25) is 5.32 Å². The van der Waals surface area contributed by atoms with Crippen LogP contribution < -0.4 is 5.32 Å². The van der Waals surface area contributed by atoms with Crippen LogP contribution >= 0.6 is 0 Å². The van der Waals surface area contributed by atoms with E-state index in [1.54, 1.807) is 10.9 Å². The van der Waals surface area contributed by atoms with E-state index in [9.17, 15) is 0 Å². The van der Waals surface area contributed by atoms with Crippen LogP contribution in [0.3, 0.4) is 0 Å².